The van der Waals surface area contributed by atoms with Gasteiger partial charge in [-0.2, -0.15) is 5.10 Å². The minimum absolute atomic E-state index is 0.188. The lowest BCUT2D eigenvalue weighted by molar-refractivity contribution is -0.118. The van der Waals surface area contributed by atoms with Crippen LogP contribution in [-0.2, 0) is 4.79 Å². The van der Waals surface area contributed by atoms with Gasteiger partial charge in [0.1, 0.15) is 0 Å². The molecule has 2 N–H and O–H groups in total. The Kier molecular flexibility index (Phi) is 6.96. The predicted molar refractivity (Wildman–Crippen MR) is 113 cm³/mol. The topological polar surface area (TPSA) is 97.8 Å². The Hall–Kier alpha value is -3.20. The molecule has 8 nitrogen and oxygen atoms in total. The summed E-state index contributed by atoms with van der Waals surface area (Å²) >= 11 is 1.31. The number of aromatic amines is 1. The van der Waals surface area contributed by atoms with Crippen molar-refractivity contribution < 1.29 is 19.0 Å². The second-order valence-corrected chi connectivity index (χ2v) is 6.79. The number of hydrogen-bond donors (Lipinski definition) is 2. The van der Waals surface area contributed by atoms with E-state index in [0.29, 0.717) is 34.6 Å². The van der Waals surface area contributed by atoms with Gasteiger partial charge in [0, 0.05) is 5.56 Å². The highest BCUT2D eigenvalue weighted by molar-refractivity contribution is 7.99. The first-order valence-electron chi connectivity index (χ1n) is 8.92. The Morgan fingerprint density at radius 3 is 2.62 bits per heavy atom. The maximum atomic E-state index is 12.1. The zero-order chi connectivity index (χ0) is 20.6. The van der Waals surface area contributed by atoms with Crippen LogP contribution in [0.15, 0.2) is 46.7 Å². The fraction of sp³-hybridized carbons (Fsp3) is 0.250. The predicted octanol–water partition coefficient (Wildman–Crippen LogP) is 3.22. The smallest absolute Gasteiger partial charge is 0.250 e. The van der Waals surface area contributed by atoms with E-state index in [2.05, 4.69) is 20.5 Å². The van der Waals surface area contributed by atoms with E-state index in [1.807, 2.05) is 31.2 Å². The first kappa shape index (κ1) is 20.5. The molecule has 0 saturated carbocycles. The van der Waals surface area contributed by atoms with Crippen LogP contribution in [0, 0.1) is 0 Å². The molecule has 0 radical (unpaired) electrons. The Morgan fingerprint density at radius 2 is 1.97 bits per heavy atom. The molecule has 0 aliphatic rings. The summed E-state index contributed by atoms with van der Waals surface area (Å²) in [6, 6.07) is 11.2. The van der Waals surface area contributed by atoms with E-state index >= 15 is 0 Å². The lowest BCUT2D eigenvalue weighted by Crippen LogP contribution is -2.19. The summed E-state index contributed by atoms with van der Waals surface area (Å²) in [6.07, 6.45) is 1.52. The Bertz CT molecular complexity index is 961. The number of amides is 1. The van der Waals surface area contributed by atoms with E-state index in [9.17, 15) is 4.79 Å². The molecule has 0 fully saturated rings. The van der Waals surface area contributed by atoms with Crippen LogP contribution in [0.2, 0.25) is 0 Å². The summed E-state index contributed by atoms with van der Waals surface area (Å²) in [5.41, 5.74) is 5.01. The van der Waals surface area contributed by atoms with Crippen LogP contribution in [0.5, 0.6) is 17.2 Å². The number of rotatable bonds is 9. The number of benzene rings is 2. The van der Waals surface area contributed by atoms with Gasteiger partial charge in [0.15, 0.2) is 16.7 Å². The fourth-order valence-electron chi connectivity index (χ4n) is 2.60. The van der Waals surface area contributed by atoms with Gasteiger partial charge in [-0.25, -0.2) is 10.4 Å². The highest BCUT2D eigenvalue weighted by Gasteiger charge is 2.13. The van der Waals surface area contributed by atoms with Crippen LogP contribution < -0.4 is 19.6 Å². The van der Waals surface area contributed by atoms with Gasteiger partial charge in [0.05, 0.1) is 43.8 Å². The van der Waals surface area contributed by atoms with Crippen molar-refractivity contribution in [2.24, 2.45) is 5.10 Å². The second kappa shape index (κ2) is 9.83. The molecule has 2 aromatic carbocycles. The molecule has 3 rings (SSSR count). The van der Waals surface area contributed by atoms with E-state index in [1.165, 1.54) is 18.0 Å². The summed E-state index contributed by atoms with van der Waals surface area (Å²) < 4.78 is 16.3. The third kappa shape index (κ3) is 5.20. The molecule has 0 unspecified atom stereocenters. The number of carbonyl (C=O) groups excluding carboxylic acids is 1. The van der Waals surface area contributed by atoms with Crippen LogP contribution in [0.4, 0.5) is 0 Å². The van der Waals surface area contributed by atoms with Gasteiger partial charge in [-0.3, -0.25) is 4.79 Å². The summed E-state index contributed by atoms with van der Waals surface area (Å²) in [6.45, 7) is 2.37. The van der Waals surface area contributed by atoms with Gasteiger partial charge in [-0.05, 0) is 31.2 Å². The molecule has 0 aliphatic carbocycles. The number of aromatic nitrogens is 2. The molecule has 9 heteroatoms. The zero-order valence-corrected chi connectivity index (χ0v) is 17.2. The molecule has 1 aromatic heterocycles. The molecule has 29 heavy (non-hydrogen) atoms. The van der Waals surface area contributed by atoms with Crippen molar-refractivity contribution in [1.29, 1.82) is 0 Å². The molecular formula is C20H22N4O4S. The summed E-state index contributed by atoms with van der Waals surface area (Å²) in [5.74, 6) is 1.53. The number of nitrogens with one attached hydrogen (secondary N) is 2. The molecule has 0 aliphatic heterocycles. The molecule has 0 saturated heterocycles. The Balaban J connectivity index is 1.59. The first-order chi connectivity index (χ1) is 14.1. The van der Waals surface area contributed by atoms with Crippen LogP contribution >= 0.6 is 11.8 Å². The van der Waals surface area contributed by atoms with Crippen LogP contribution in [0.3, 0.4) is 0 Å². The van der Waals surface area contributed by atoms with E-state index in [4.69, 9.17) is 14.2 Å². The molecular weight excluding hydrogens is 392 g/mol. The monoisotopic (exact) mass is 414 g/mol. The number of ether oxygens (including phenoxy) is 3. The molecule has 1 heterocycles. The number of methoxy groups -OCH3 is 2. The van der Waals surface area contributed by atoms with Crippen LogP contribution in [-0.4, -0.2) is 48.7 Å². The summed E-state index contributed by atoms with van der Waals surface area (Å²) in [5, 5.41) is 4.69. The van der Waals surface area contributed by atoms with Gasteiger partial charge in [0.2, 0.25) is 5.75 Å². The van der Waals surface area contributed by atoms with E-state index in [0.717, 1.165) is 11.0 Å². The average Bonchev–Trinajstić information content (AvgIpc) is 3.16. The van der Waals surface area contributed by atoms with Crippen molar-refractivity contribution in [2.75, 3.05) is 26.6 Å². The number of thioether (sulfide) groups is 1. The number of hydrazone groups is 1. The number of fused-ring (bicyclic) bond motifs is 1. The fourth-order valence-corrected chi connectivity index (χ4v) is 3.28. The highest BCUT2D eigenvalue weighted by atomic mass is 32.2. The van der Waals surface area contributed by atoms with E-state index in [-0.39, 0.29) is 11.7 Å². The second-order valence-electron chi connectivity index (χ2n) is 5.83. The molecule has 0 atom stereocenters. The summed E-state index contributed by atoms with van der Waals surface area (Å²) in [4.78, 5) is 19.6. The number of carbonyl (C=O) groups is 1. The van der Waals surface area contributed by atoms with Crippen molar-refractivity contribution in [3.63, 3.8) is 0 Å². The number of H-pyrrole nitrogens is 1. The molecule has 3 aromatic rings. The van der Waals surface area contributed by atoms with Crippen molar-refractivity contribution in [1.82, 2.24) is 15.4 Å². The molecule has 152 valence electrons. The number of nitrogens with zero attached hydrogens (tertiary/aromatic N) is 2. The van der Waals surface area contributed by atoms with Gasteiger partial charge in [-0.1, -0.05) is 23.9 Å². The quantitative estimate of drug-likeness (QED) is 0.317. The van der Waals surface area contributed by atoms with Crippen molar-refractivity contribution in [3.05, 3.63) is 42.0 Å². The maximum Gasteiger partial charge on any atom is 0.250 e. The van der Waals surface area contributed by atoms with E-state index < -0.39 is 0 Å². The standard InChI is InChI=1S/C20H22N4O4S/c1-4-28-19-16(26-2)9-13(10-17(19)27-3)11-21-24-18(25)12-29-20-22-14-7-5-6-8-15(14)23-20/h5-11H,4,12H2,1-3H3,(H,22,23)(H,24,25)/b21-11-. The molecule has 1 amide bonds. The van der Waals surface area contributed by atoms with Gasteiger partial charge >= 0.3 is 0 Å². The summed E-state index contributed by atoms with van der Waals surface area (Å²) in [7, 11) is 3.10. The maximum absolute atomic E-state index is 12.1. The zero-order valence-electron chi connectivity index (χ0n) is 16.4. The average molecular weight is 414 g/mol. The number of para-hydroxylation sites is 2. The Labute approximate surface area is 172 Å². The lowest BCUT2D eigenvalue weighted by atomic mass is 10.2. The molecule has 0 spiro atoms. The number of hydrogen-bond acceptors (Lipinski definition) is 7. The van der Waals surface area contributed by atoms with Crippen molar-refractivity contribution >= 4 is 34.9 Å². The Morgan fingerprint density at radius 1 is 1.24 bits per heavy atom. The van der Waals surface area contributed by atoms with Crippen LogP contribution in [0.25, 0.3) is 11.0 Å². The van der Waals surface area contributed by atoms with Gasteiger partial charge in [0.25, 0.3) is 5.91 Å². The van der Waals surface area contributed by atoms with E-state index in [1.54, 1.807) is 26.4 Å². The highest BCUT2D eigenvalue weighted by Crippen LogP contribution is 2.38. The van der Waals surface area contributed by atoms with Crippen molar-refractivity contribution in [3.8, 4) is 17.2 Å². The minimum atomic E-state index is -0.239. The minimum Gasteiger partial charge on any atom is -0.493 e. The third-order valence-corrected chi connectivity index (χ3v) is 4.76. The normalized spacial score (nSPS) is 11.0. The van der Waals surface area contributed by atoms with Crippen molar-refractivity contribution in [2.45, 2.75) is 12.1 Å². The lowest BCUT2D eigenvalue weighted by Gasteiger charge is -2.14. The molecule has 0 bridgehead atoms. The largest absolute Gasteiger partial charge is 0.493 e. The van der Waals surface area contributed by atoms with Crippen LogP contribution in [0.1, 0.15) is 12.5 Å². The SMILES string of the molecule is CCOc1c(OC)cc(/C=N\NC(=O)CSc2nc3ccccc3[nH]2)cc1OC. The van der Waals surface area contributed by atoms with Gasteiger partial charge < -0.3 is 19.2 Å². The number of imidazole rings is 1. The van der Waals surface area contributed by atoms with Gasteiger partial charge in [-0.15, -0.1) is 0 Å². The third-order valence-electron chi connectivity index (χ3n) is 3.88. The first-order valence-corrected chi connectivity index (χ1v) is 9.91.